The predicted octanol–water partition coefficient (Wildman–Crippen LogP) is 2.88. The molecule has 1 fully saturated rings. The first-order valence-corrected chi connectivity index (χ1v) is 8.59. The highest BCUT2D eigenvalue weighted by atomic mass is 35.5. The van der Waals surface area contributed by atoms with Gasteiger partial charge in [0.25, 0.3) is 0 Å². The van der Waals surface area contributed by atoms with E-state index < -0.39 is 10.8 Å². The number of anilines is 1. The summed E-state index contributed by atoms with van der Waals surface area (Å²) >= 11 is 6.14. The lowest BCUT2D eigenvalue weighted by Gasteiger charge is -2.13. The average Bonchev–Trinajstić information content (AvgIpc) is 3.18. The van der Waals surface area contributed by atoms with Gasteiger partial charge >= 0.3 is 0 Å². The molecule has 0 radical (unpaired) electrons. The Bertz CT molecular complexity index is 491. The zero-order valence-electron chi connectivity index (χ0n) is 11.6. The van der Waals surface area contributed by atoms with Crippen LogP contribution in [-0.2, 0) is 10.8 Å². The van der Waals surface area contributed by atoms with Crippen molar-refractivity contribution in [2.45, 2.75) is 44.3 Å². The van der Waals surface area contributed by atoms with Crippen molar-refractivity contribution in [1.82, 2.24) is 9.97 Å². The van der Waals surface area contributed by atoms with Crippen molar-refractivity contribution in [3.05, 3.63) is 16.5 Å². The summed E-state index contributed by atoms with van der Waals surface area (Å²) in [6, 6.07) is 0. The first-order chi connectivity index (χ1) is 8.99. The van der Waals surface area contributed by atoms with E-state index in [0.717, 1.165) is 43.0 Å². The van der Waals surface area contributed by atoms with E-state index in [1.807, 2.05) is 13.8 Å². The molecule has 0 amide bonds. The quantitative estimate of drug-likeness (QED) is 0.821. The molecule has 1 heterocycles. The van der Waals surface area contributed by atoms with Gasteiger partial charge in [-0.1, -0.05) is 18.5 Å². The highest BCUT2D eigenvalue weighted by Gasteiger charge is 2.28. The fraction of sp³-hybridized carbons (Fsp3) is 0.692. The van der Waals surface area contributed by atoms with E-state index in [2.05, 4.69) is 15.3 Å². The molecule has 0 aliphatic heterocycles. The van der Waals surface area contributed by atoms with Crippen LogP contribution >= 0.6 is 11.6 Å². The van der Waals surface area contributed by atoms with Gasteiger partial charge in [0, 0.05) is 40.3 Å². The Morgan fingerprint density at radius 3 is 2.74 bits per heavy atom. The molecule has 1 N–H and O–H groups in total. The minimum Gasteiger partial charge on any atom is -0.370 e. The fourth-order valence-electron chi connectivity index (χ4n) is 1.76. The maximum absolute atomic E-state index is 11.3. The Kier molecular flexibility index (Phi) is 4.79. The van der Waals surface area contributed by atoms with E-state index in [1.165, 1.54) is 0 Å². The van der Waals surface area contributed by atoms with E-state index in [-0.39, 0.29) is 5.25 Å². The van der Waals surface area contributed by atoms with Crippen molar-refractivity contribution >= 4 is 28.2 Å². The summed E-state index contributed by atoms with van der Waals surface area (Å²) in [5.74, 6) is 2.15. The normalized spacial score (nSPS) is 18.1. The van der Waals surface area contributed by atoms with Crippen LogP contribution in [0.4, 0.5) is 5.82 Å². The zero-order valence-corrected chi connectivity index (χ0v) is 13.1. The van der Waals surface area contributed by atoms with Gasteiger partial charge in [-0.15, -0.1) is 0 Å². The third-order valence-electron chi connectivity index (χ3n) is 3.46. The molecule has 2 unspecified atom stereocenters. The summed E-state index contributed by atoms with van der Waals surface area (Å²) in [7, 11) is -0.778. The number of halogens is 1. The van der Waals surface area contributed by atoms with Crippen molar-refractivity contribution in [1.29, 1.82) is 0 Å². The van der Waals surface area contributed by atoms with Gasteiger partial charge in [-0.2, -0.15) is 0 Å². The Morgan fingerprint density at radius 2 is 2.16 bits per heavy atom. The van der Waals surface area contributed by atoms with Crippen LogP contribution in [0.2, 0.25) is 5.15 Å². The number of aromatic nitrogens is 2. The van der Waals surface area contributed by atoms with Crippen LogP contribution in [0, 0.1) is 6.92 Å². The minimum absolute atomic E-state index is 0.188. The molecule has 1 aliphatic rings. The maximum atomic E-state index is 11.3. The predicted molar refractivity (Wildman–Crippen MR) is 80.4 cm³/mol. The fourth-order valence-corrected chi connectivity index (χ4v) is 2.39. The number of nitrogens with one attached hydrogen (secondary N) is 1. The molecular weight excluding hydrogens is 282 g/mol. The van der Waals surface area contributed by atoms with Crippen LogP contribution in [0.1, 0.15) is 43.5 Å². The molecule has 1 aliphatic carbocycles. The van der Waals surface area contributed by atoms with Crippen molar-refractivity contribution in [2.75, 3.05) is 18.1 Å². The van der Waals surface area contributed by atoms with Gasteiger partial charge in [-0.25, -0.2) is 9.97 Å². The summed E-state index contributed by atoms with van der Waals surface area (Å²) in [5.41, 5.74) is 0.886. The Hall–Kier alpha value is -0.680. The smallest absolute Gasteiger partial charge is 0.137 e. The van der Waals surface area contributed by atoms with Gasteiger partial charge in [-0.05, 0) is 26.2 Å². The summed E-state index contributed by atoms with van der Waals surface area (Å²) in [5, 5.41) is 4.01. The molecule has 1 saturated carbocycles. The first-order valence-electron chi connectivity index (χ1n) is 6.59. The highest BCUT2D eigenvalue weighted by Crippen LogP contribution is 2.39. The summed E-state index contributed by atoms with van der Waals surface area (Å²) < 4.78 is 11.3. The molecule has 6 heteroatoms. The van der Waals surface area contributed by atoms with Crippen molar-refractivity contribution in [2.24, 2.45) is 0 Å². The lowest BCUT2D eigenvalue weighted by molar-refractivity contribution is 0.672. The second-order valence-corrected chi connectivity index (χ2v) is 7.31. The molecule has 0 bridgehead atoms. The van der Waals surface area contributed by atoms with Crippen molar-refractivity contribution < 1.29 is 4.21 Å². The summed E-state index contributed by atoms with van der Waals surface area (Å²) in [6.45, 7) is 4.66. The molecule has 2 atom stereocenters. The summed E-state index contributed by atoms with van der Waals surface area (Å²) in [4.78, 5) is 8.89. The van der Waals surface area contributed by atoms with Gasteiger partial charge in [0.1, 0.15) is 16.8 Å². The van der Waals surface area contributed by atoms with E-state index in [4.69, 9.17) is 11.6 Å². The van der Waals surface area contributed by atoms with Gasteiger partial charge in [0.05, 0.1) is 0 Å². The number of rotatable bonds is 6. The molecule has 0 spiro atoms. The van der Waals surface area contributed by atoms with Crippen LogP contribution in [0.3, 0.4) is 0 Å². The molecule has 106 valence electrons. The Balaban J connectivity index is 2.00. The van der Waals surface area contributed by atoms with Crippen molar-refractivity contribution in [3.63, 3.8) is 0 Å². The van der Waals surface area contributed by atoms with Crippen LogP contribution in [0.5, 0.6) is 0 Å². The average molecular weight is 302 g/mol. The second-order valence-electron chi connectivity index (χ2n) is 5.15. The van der Waals surface area contributed by atoms with Gasteiger partial charge in [-0.3, -0.25) is 4.21 Å². The molecule has 19 heavy (non-hydrogen) atoms. The molecule has 0 aromatic carbocycles. The molecule has 2 rings (SSSR count). The van der Waals surface area contributed by atoms with E-state index >= 15 is 0 Å². The van der Waals surface area contributed by atoms with Gasteiger partial charge in [0.15, 0.2) is 0 Å². The lowest BCUT2D eigenvalue weighted by Crippen LogP contribution is -2.16. The third-order valence-corrected chi connectivity index (χ3v) is 5.19. The largest absolute Gasteiger partial charge is 0.370 e. The van der Waals surface area contributed by atoms with E-state index in [1.54, 1.807) is 6.26 Å². The van der Waals surface area contributed by atoms with Crippen molar-refractivity contribution in [3.8, 4) is 0 Å². The molecular formula is C13H20ClN3OS. The Labute approximate surface area is 121 Å². The van der Waals surface area contributed by atoms with Crippen LogP contribution in [0.25, 0.3) is 0 Å². The Morgan fingerprint density at radius 1 is 1.47 bits per heavy atom. The molecule has 1 aromatic rings. The van der Waals surface area contributed by atoms with Crippen LogP contribution < -0.4 is 5.32 Å². The topological polar surface area (TPSA) is 54.9 Å². The number of nitrogens with zero attached hydrogens (tertiary/aromatic N) is 2. The third kappa shape index (κ3) is 3.89. The minimum atomic E-state index is -0.778. The van der Waals surface area contributed by atoms with Gasteiger partial charge in [0.2, 0.25) is 0 Å². The SMILES string of the molecule is Cc1c(Cl)nc(C2CC2)nc1NCCC(C)S(C)=O. The monoisotopic (exact) mass is 301 g/mol. The summed E-state index contributed by atoms with van der Waals surface area (Å²) in [6.07, 6.45) is 4.90. The molecule has 4 nitrogen and oxygen atoms in total. The van der Waals surface area contributed by atoms with E-state index in [9.17, 15) is 4.21 Å². The number of hydrogen-bond acceptors (Lipinski definition) is 4. The van der Waals surface area contributed by atoms with Crippen LogP contribution in [0.15, 0.2) is 0 Å². The highest BCUT2D eigenvalue weighted by molar-refractivity contribution is 7.84. The molecule has 1 aromatic heterocycles. The standard InChI is InChI=1S/C13H20ClN3OS/c1-8(19(3)18)6-7-15-12-9(2)11(14)16-13(17-12)10-4-5-10/h8,10H,4-7H2,1-3H3,(H,15,16,17). The number of hydrogen-bond donors (Lipinski definition) is 1. The van der Waals surface area contributed by atoms with Gasteiger partial charge < -0.3 is 5.32 Å². The lowest BCUT2D eigenvalue weighted by atomic mass is 10.3. The van der Waals surface area contributed by atoms with E-state index in [0.29, 0.717) is 11.1 Å². The maximum Gasteiger partial charge on any atom is 0.137 e. The zero-order chi connectivity index (χ0) is 14.0. The molecule has 0 saturated heterocycles. The van der Waals surface area contributed by atoms with Crippen LogP contribution in [-0.4, -0.2) is 32.2 Å². The first kappa shape index (κ1) is 14.7. The second kappa shape index (κ2) is 6.18.